The number of rotatable bonds is 6. The molecule has 3 saturated heterocycles. The lowest BCUT2D eigenvalue weighted by molar-refractivity contribution is -0.120. The average molecular weight is 531 g/mol. The van der Waals surface area contributed by atoms with Crippen molar-refractivity contribution in [2.24, 2.45) is 0 Å². The van der Waals surface area contributed by atoms with E-state index in [9.17, 15) is 14.4 Å². The molecule has 8 nitrogen and oxygen atoms in total. The molecule has 0 spiro atoms. The van der Waals surface area contributed by atoms with Gasteiger partial charge < -0.3 is 24.3 Å². The third-order valence-corrected chi connectivity index (χ3v) is 8.78. The fraction of sp³-hybridized carbons (Fsp3) is 0.516. The molecule has 39 heavy (non-hydrogen) atoms. The van der Waals surface area contributed by atoms with Crippen LogP contribution in [0.1, 0.15) is 65.7 Å². The number of likely N-dealkylation sites (tertiary alicyclic amines) is 2. The lowest BCUT2D eigenvalue weighted by atomic mass is 9.90. The predicted molar refractivity (Wildman–Crippen MR) is 149 cm³/mol. The summed E-state index contributed by atoms with van der Waals surface area (Å²) < 4.78 is 6.25. The van der Waals surface area contributed by atoms with Gasteiger partial charge in [-0.05, 0) is 81.0 Å². The number of piperidine rings is 1. The Morgan fingerprint density at radius 3 is 2.00 bits per heavy atom. The highest BCUT2D eigenvalue weighted by atomic mass is 16.5. The summed E-state index contributed by atoms with van der Waals surface area (Å²) in [4.78, 5) is 46.8. The van der Waals surface area contributed by atoms with Crippen molar-refractivity contribution in [3.8, 4) is 5.75 Å². The lowest BCUT2D eigenvalue weighted by Crippen LogP contribution is -2.52. The second kappa shape index (κ2) is 11.4. The third-order valence-electron chi connectivity index (χ3n) is 8.78. The number of nitrogens with zero attached hydrogens (tertiary/aromatic N) is 4. The Hall–Kier alpha value is -3.39. The molecule has 4 fully saturated rings. The van der Waals surface area contributed by atoms with E-state index in [2.05, 4.69) is 4.90 Å². The van der Waals surface area contributed by atoms with Crippen molar-refractivity contribution in [2.75, 3.05) is 50.7 Å². The minimum atomic E-state index is -0.217. The summed E-state index contributed by atoms with van der Waals surface area (Å²) in [6.45, 7) is 4.64. The van der Waals surface area contributed by atoms with E-state index in [0.29, 0.717) is 24.2 Å². The molecule has 3 aliphatic heterocycles. The molecular weight excluding hydrogens is 492 g/mol. The van der Waals surface area contributed by atoms with Crippen LogP contribution < -0.4 is 9.64 Å². The van der Waals surface area contributed by atoms with Crippen LogP contribution in [0.2, 0.25) is 0 Å². The van der Waals surface area contributed by atoms with Gasteiger partial charge in [0.15, 0.2) is 0 Å². The molecule has 6 rings (SSSR count). The number of carbonyl (C=O) groups excluding carboxylic acids is 3. The number of hydrogen-bond acceptors (Lipinski definition) is 5. The quantitative estimate of drug-likeness (QED) is 0.568. The third kappa shape index (κ3) is 5.66. The Kier molecular flexibility index (Phi) is 7.55. The first-order valence-corrected chi connectivity index (χ1v) is 14.5. The Labute approximate surface area is 230 Å². The molecule has 1 aliphatic carbocycles. The fourth-order valence-corrected chi connectivity index (χ4v) is 6.20. The monoisotopic (exact) mass is 530 g/mol. The van der Waals surface area contributed by atoms with E-state index < -0.39 is 0 Å². The summed E-state index contributed by atoms with van der Waals surface area (Å²) in [6.07, 6.45) is 8.47. The molecule has 8 heteroatoms. The van der Waals surface area contributed by atoms with E-state index in [1.54, 1.807) is 34.1 Å². The average Bonchev–Trinajstić information content (AvgIpc) is 3.48. The maximum absolute atomic E-state index is 13.2. The fourth-order valence-electron chi connectivity index (χ4n) is 6.20. The number of benzene rings is 2. The van der Waals surface area contributed by atoms with Crippen LogP contribution in [0.15, 0.2) is 48.5 Å². The van der Waals surface area contributed by atoms with Crippen molar-refractivity contribution in [3.05, 3.63) is 59.7 Å². The Morgan fingerprint density at radius 1 is 0.718 bits per heavy atom. The molecule has 0 radical (unpaired) electrons. The van der Waals surface area contributed by atoms with Crippen LogP contribution in [0.3, 0.4) is 0 Å². The molecule has 0 aromatic heterocycles. The molecule has 1 saturated carbocycles. The minimum absolute atomic E-state index is 0.0148. The van der Waals surface area contributed by atoms with Crippen molar-refractivity contribution >= 4 is 23.4 Å². The molecular formula is C31H38N4O4. The van der Waals surface area contributed by atoms with Gasteiger partial charge in [-0.15, -0.1) is 0 Å². The molecule has 0 unspecified atom stereocenters. The van der Waals surface area contributed by atoms with Gasteiger partial charge in [-0.3, -0.25) is 14.4 Å². The van der Waals surface area contributed by atoms with Crippen LogP contribution in [0.4, 0.5) is 5.69 Å². The Morgan fingerprint density at radius 2 is 1.38 bits per heavy atom. The zero-order valence-electron chi connectivity index (χ0n) is 22.6. The largest absolute Gasteiger partial charge is 0.490 e. The first kappa shape index (κ1) is 25.9. The van der Waals surface area contributed by atoms with Crippen LogP contribution in [-0.2, 0) is 4.79 Å². The van der Waals surface area contributed by atoms with E-state index in [1.807, 2.05) is 29.2 Å². The summed E-state index contributed by atoms with van der Waals surface area (Å²) >= 11 is 0. The minimum Gasteiger partial charge on any atom is -0.490 e. The summed E-state index contributed by atoms with van der Waals surface area (Å²) in [6, 6.07) is 15.4. The molecule has 206 valence electrons. The second-order valence-electron chi connectivity index (χ2n) is 11.3. The molecule has 0 bridgehead atoms. The molecule has 0 N–H and O–H groups in total. The standard InChI is InChI=1S/C31H38N4O4/c36-29-22-34(31(38)24-6-3-5-23(21-24)30(37)33-15-1-2-16-33)19-20-35(29)26-9-11-27(12-10-26)39-28-13-17-32(18-14-28)25-7-4-8-25/h3,5-6,9-12,21,25,28H,1-2,4,7-8,13-20,22H2. The Balaban J connectivity index is 1.02. The number of ether oxygens (including phenoxy) is 1. The van der Waals surface area contributed by atoms with Gasteiger partial charge in [-0.2, -0.15) is 0 Å². The van der Waals surface area contributed by atoms with Crippen LogP contribution in [0, 0.1) is 0 Å². The van der Waals surface area contributed by atoms with Gasteiger partial charge in [0.2, 0.25) is 5.91 Å². The first-order chi connectivity index (χ1) is 19.0. The van der Waals surface area contributed by atoms with Gasteiger partial charge in [0, 0.05) is 62.1 Å². The van der Waals surface area contributed by atoms with E-state index in [-0.39, 0.29) is 30.4 Å². The van der Waals surface area contributed by atoms with Crippen molar-refractivity contribution < 1.29 is 19.1 Å². The number of anilines is 1. The van der Waals surface area contributed by atoms with Gasteiger partial charge >= 0.3 is 0 Å². The maximum atomic E-state index is 13.2. The highest BCUT2D eigenvalue weighted by Gasteiger charge is 2.31. The molecule has 3 amide bonds. The van der Waals surface area contributed by atoms with Gasteiger partial charge in [-0.1, -0.05) is 12.5 Å². The van der Waals surface area contributed by atoms with Gasteiger partial charge in [0.25, 0.3) is 11.8 Å². The van der Waals surface area contributed by atoms with E-state index in [0.717, 1.165) is 69.3 Å². The summed E-state index contributed by atoms with van der Waals surface area (Å²) in [5, 5.41) is 0. The lowest BCUT2D eigenvalue weighted by Gasteiger charge is -2.41. The predicted octanol–water partition coefficient (Wildman–Crippen LogP) is 3.81. The smallest absolute Gasteiger partial charge is 0.254 e. The number of amides is 3. The number of carbonyl (C=O) groups is 3. The summed E-state index contributed by atoms with van der Waals surface area (Å²) in [5.41, 5.74) is 1.79. The molecule has 4 aliphatic rings. The molecule has 2 aromatic rings. The maximum Gasteiger partial charge on any atom is 0.254 e. The molecule has 2 aromatic carbocycles. The zero-order chi connectivity index (χ0) is 26.8. The summed E-state index contributed by atoms with van der Waals surface area (Å²) in [7, 11) is 0. The topological polar surface area (TPSA) is 73.4 Å². The van der Waals surface area contributed by atoms with Gasteiger partial charge in [0.1, 0.15) is 18.4 Å². The second-order valence-corrected chi connectivity index (χ2v) is 11.3. The summed E-state index contributed by atoms with van der Waals surface area (Å²) in [5.74, 6) is 0.474. The van der Waals surface area contributed by atoms with E-state index in [4.69, 9.17) is 4.74 Å². The normalized spacial score (nSPS) is 21.2. The first-order valence-electron chi connectivity index (χ1n) is 14.5. The van der Waals surface area contributed by atoms with E-state index >= 15 is 0 Å². The van der Waals surface area contributed by atoms with Crippen molar-refractivity contribution in [1.29, 1.82) is 0 Å². The Bertz CT molecular complexity index is 1200. The number of hydrogen-bond donors (Lipinski definition) is 0. The number of piperazine rings is 1. The highest BCUT2D eigenvalue weighted by molar-refractivity contribution is 6.03. The highest BCUT2D eigenvalue weighted by Crippen LogP contribution is 2.29. The van der Waals surface area contributed by atoms with Gasteiger partial charge in [0.05, 0.1) is 0 Å². The van der Waals surface area contributed by atoms with Crippen LogP contribution in [-0.4, -0.2) is 90.4 Å². The SMILES string of the molecule is O=C(c1cccc(C(=O)N2CCN(c3ccc(OC4CCN(C5CCC5)CC4)cc3)C(=O)C2)c1)N1CCCC1. The van der Waals surface area contributed by atoms with Gasteiger partial charge in [-0.25, -0.2) is 0 Å². The van der Waals surface area contributed by atoms with E-state index in [1.165, 1.54) is 19.3 Å². The molecule has 0 atom stereocenters. The van der Waals surface area contributed by atoms with Crippen molar-refractivity contribution in [2.45, 2.75) is 57.1 Å². The van der Waals surface area contributed by atoms with Crippen LogP contribution in [0.25, 0.3) is 0 Å². The van der Waals surface area contributed by atoms with Crippen LogP contribution in [0.5, 0.6) is 5.75 Å². The van der Waals surface area contributed by atoms with Crippen molar-refractivity contribution in [1.82, 2.24) is 14.7 Å². The van der Waals surface area contributed by atoms with Crippen LogP contribution >= 0.6 is 0 Å². The van der Waals surface area contributed by atoms with Crippen molar-refractivity contribution in [3.63, 3.8) is 0 Å². The molecule has 3 heterocycles. The zero-order valence-corrected chi connectivity index (χ0v) is 22.6.